The molecule has 0 bridgehead atoms. The number of halogens is 1. The Morgan fingerprint density at radius 2 is 1.89 bits per heavy atom. The summed E-state index contributed by atoms with van der Waals surface area (Å²) < 4.78 is 8.77. The topological polar surface area (TPSA) is 37.7 Å². The van der Waals surface area contributed by atoms with Gasteiger partial charge in [0.15, 0.2) is 0 Å². The monoisotopic (exact) mass is 433 g/mol. The zero-order valence-corrected chi connectivity index (χ0v) is 17.6. The lowest BCUT2D eigenvalue weighted by Gasteiger charge is -2.26. The maximum absolute atomic E-state index is 12.8. The first-order valence-corrected chi connectivity index (χ1v) is 10.8. The molecule has 6 heteroatoms. The molecular formula is C21H28BrN3O2. The molecule has 5 nitrogen and oxygen atoms in total. The Kier molecular flexibility index (Phi) is 5.85. The summed E-state index contributed by atoms with van der Waals surface area (Å²) in [7, 11) is 0. The van der Waals surface area contributed by atoms with Crippen molar-refractivity contribution < 1.29 is 9.53 Å². The van der Waals surface area contributed by atoms with Crippen LogP contribution in [0.1, 0.15) is 24.1 Å². The van der Waals surface area contributed by atoms with E-state index in [2.05, 4.69) is 50.5 Å². The second-order valence-corrected chi connectivity index (χ2v) is 8.52. The molecule has 1 amide bonds. The fraction of sp³-hybridized carbons (Fsp3) is 0.571. The van der Waals surface area contributed by atoms with Gasteiger partial charge in [0.25, 0.3) is 0 Å². The third-order valence-corrected chi connectivity index (χ3v) is 6.44. The Morgan fingerprint density at radius 3 is 2.63 bits per heavy atom. The van der Waals surface area contributed by atoms with Gasteiger partial charge in [-0.15, -0.1) is 0 Å². The normalized spacial score (nSPS) is 18.5. The highest BCUT2D eigenvalue weighted by Gasteiger charge is 2.22. The van der Waals surface area contributed by atoms with Crippen molar-refractivity contribution in [3.63, 3.8) is 0 Å². The molecule has 0 N–H and O–H groups in total. The van der Waals surface area contributed by atoms with E-state index in [-0.39, 0.29) is 5.91 Å². The van der Waals surface area contributed by atoms with Crippen molar-refractivity contribution in [2.24, 2.45) is 0 Å². The minimum absolute atomic E-state index is 0.246. The summed E-state index contributed by atoms with van der Waals surface area (Å²) in [6.45, 7) is 9.15. The number of carbonyl (C=O) groups is 1. The van der Waals surface area contributed by atoms with Crippen molar-refractivity contribution in [2.75, 3.05) is 45.9 Å². The second kappa shape index (κ2) is 8.33. The fourth-order valence-electron chi connectivity index (χ4n) is 4.34. The number of amides is 1. The zero-order chi connectivity index (χ0) is 18.8. The SMILES string of the molecule is Cc1c(CCN2CCOCC2)c2cc(Br)ccc2n1CC(=O)N1CCCC1. The summed E-state index contributed by atoms with van der Waals surface area (Å²) >= 11 is 3.62. The number of hydrogen-bond donors (Lipinski definition) is 0. The van der Waals surface area contributed by atoms with E-state index >= 15 is 0 Å². The van der Waals surface area contributed by atoms with Crippen LogP contribution in [0.15, 0.2) is 22.7 Å². The number of ether oxygens (including phenoxy) is 1. The van der Waals surface area contributed by atoms with E-state index in [1.165, 1.54) is 22.2 Å². The average Bonchev–Trinajstić information content (AvgIpc) is 3.29. The maximum atomic E-state index is 12.8. The van der Waals surface area contributed by atoms with Crippen LogP contribution in [0, 0.1) is 6.92 Å². The van der Waals surface area contributed by atoms with Crippen LogP contribution in [-0.2, 0) is 22.5 Å². The highest BCUT2D eigenvalue weighted by Crippen LogP contribution is 2.29. The molecular weight excluding hydrogens is 406 g/mol. The highest BCUT2D eigenvalue weighted by atomic mass is 79.9. The lowest BCUT2D eigenvalue weighted by molar-refractivity contribution is -0.130. The van der Waals surface area contributed by atoms with Gasteiger partial charge in [-0.25, -0.2) is 0 Å². The zero-order valence-electron chi connectivity index (χ0n) is 16.0. The minimum Gasteiger partial charge on any atom is -0.379 e. The number of fused-ring (bicyclic) bond motifs is 1. The molecule has 146 valence electrons. The Bertz CT molecular complexity index is 820. The van der Waals surface area contributed by atoms with E-state index in [1.54, 1.807) is 0 Å². The summed E-state index contributed by atoms with van der Waals surface area (Å²) in [6, 6.07) is 6.42. The van der Waals surface area contributed by atoms with Crippen LogP contribution in [0.25, 0.3) is 10.9 Å². The number of benzene rings is 1. The molecule has 2 fully saturated rings. The molecule has 4 rings (SSSR count). The number of carbonyl (C=O) groups excluding carboxylic acids is 1. The molecule has 0 unspecified atom stereocenters. The van der Waals surface area contributed by atoms with Crippen LogP contribution in [-0.4, -0.2) is 66.2 Å². The molecule has 2 saturated heterocycles. The standard InChI is InChI=1S/C21H28BrN3O2/c1-16-18(6-9-23-10-12-27-13-11-23)19-14-17(22)4-5-20(19)25(16)15-21(26)24-7-2-3-8-24/h4-5,14H,2-3,6-13,15H2,1H3. The van der Waals surface area contributed by atoms with Crippen LogP contribution in [0.3, 0.4) is 0 Å². The molecule has 1 aromatic carbocycles. The van der Waals surface area contributed by atoms with Gasteiger partial charge in [0.05, 0.1) is 13.2 Å². The van der Waals surface area contributed by atoms with Crippen molar-refractivity contribution in [3.05, 3.63) is 33.9 Å². The molecule has 0 radical (unpaired) electrons. The molecule has 2 aliphatic rings. The Morgan fingerprint density at radius 1 is 1.15 bits per heavy atom. The van der Waals surface area contributed by atoms with Crippen LogP contribution in [0.4, 0.5) is 0 Å². The summed E-state index contributed by atoms with van der Waals surface area (Å²) in [4.78, 5) is 17.2. The number of rotatable bonds is 5. The van der Waals surface area contributed by atoms with Gasteiger partial charge in [-0.05, 0) is 49.9 Å². The highest BCUT2D eigenvalue weighted by molar-refractivity contribution is 9.10. The van der Waals surface area contributed by atoms with E-state index in [9.17, 15) is 4.79 Å². The molecule has 27 heavy (non-hydrogen) atoms. The van der Waals surface area contributed by atoms with E-state index in [1.807, 2.05) is 4.90 Å². The fourth-order valence-corrected chi connectivity index (χ4v) is 4.70. The van der Waals surface area contributed by atoms with Crippen molar-refractivity contribution >= 4 is 32.7 Å². The van der Waals surface area contributed by atoms with Crippen molar-refractivity contribution in [2.45, 2.75) is 32.7 Å². The largest absolute Gasteiger partial charge is 0.379 e. The predicted octanol–water partition coefficient (Wildman–Crippen LogP) is 3.21. The van der Waals surface area contributed by atoms with Crippen LogP contribution >= 0.6 is 15.9 Å². The van der Waals surface area contributed by atoms with Crippen LogP contribution in [0.5, 0.6) is 0 Å². The Labute approximate surface area is 169 Å². The second-order valence-electron chi connectivity index (χ2n) is 7.60. The first-order valence-electron chi connectivity index (χ1n) is 9.98. The van der Waals surface area contributed by atoms with Gasteiger partial charge in [0.2, 0.25) is 5.91 Å². The molecule has 2 aliphatic heterocycles. The summed E-state index contributed by atoms with van der Waals surface area (Å²) in [5.41, 5.74) is 3.76. The van der Waals surface area contributed by atoms with Gasteiger partial charge in [-0.1, -0.05) is 15.9 Å². The quantitative estimate of drug-likeness (QED) is 0.726. The Hall–Kier alpha value is -1.37. The van der Waals surface area contributed by atoms with Crippen molar-refractivity contribution in [3.8, 4) is 0 Å². The molecule has 0 saturated carbocycles. The van der Waals surface area contributed by atoms with Gasteiger partial charge < -0.3 is 14.2 Å². The molecule has 0 atom stereocenters. The smallest absolute Gasteiger partial charge is 0.242 e. The molecule has 0 spiro atoms. The number of likely N-dealkylation sites (tertiary alicyclic amines) is 1. The van der Waals surface area contributed by atoms with Gasteiger partial charge in [0.1, 0.15) is 6.54 Å². The van der Waals surface area contributed by atoms with Crippen molar-refractivity contribution in [1.82, 2.24) is 14.4 Å². The van der Waals surface area contributed by atoms with E-state index in [0.717, 1.165) is 69.7 Å². The third-order valence-electron chi connectivity index (χ3n) is 5.95. The summed E-state index contributed by atoms with van der Waals surface area (Å²) in [5, 5.41) is 1.27. The number of nitrogens with zero attached hydrogens (tertiary/aromatic N) is 3. The minimum atomic E-state index is 0.246. The van der Waals surface area contributed by atoms with E-state index in [0.29, 0.717) is 6.54 Å². The van der Waals surface area contributed by atoms with Crippen LogP contribution in [0.2, 0.25) is 0 Å². The first-order chi connectivity index (χ1) is 13.1. The summed E-state index contributed by atoms with van der Waals surface area (Å²) in [5.74, 6) is 0.246. The van der Waals surface area contributed by atoms with Gasteiger partial charge in [-0.3, -0.25) is 9.69 Å². The number of morpholine rings is 1. The lowest BCUT2D eigenvalue weighted by atomic mass is 10.1. The van der Waals surface area contributed by atoms with Gasteiger partial charge in [-0.2, -0.15) is 0 Å². The predicted molar refractivity (Wildman–Crippen MR) is 111 cm³/mol. The first kappa shape index (κ1) is 19.0. The van der Waals surface area contributed by atoms with Crippen molar-refractivity contribution in [1.29, 1.82) is 0 Å². The third kappa shape index (κ3) is 4.08. The van der Waals surface area contributed by atoms with E-state index in [4.69, 9.17) is 4.74 Å². The van der Waals surface area contributed by atoms with Crippen LogP contribution < -0.4 is 0 Å². The summed E-state index contributed by atoms with van der Waals surface area (Å²) in [6.07, 6.45) is 3.27. The maximum Gasteiger partial charge on any atom is 0.242 e. The molecule has 3 heterocycles. The number of aromatic nitrogens is 1. The van der Waals surface area contributed by atoms with Gasteiger partial charge >= 0.3 is 0 Å². The lowest BCUT2D eigenvalue weighted by Crippen LogP contribution is -2.37. The molecule has 1 aromatic heterocycles. The Balaban J connectivity index is 1.60. The number of hydrogen-bond acceptors (Lipinski definition) is 3. The van der Waals surface area contributed by atoms with E-state index < -0.39 is 0 Å². The molecule has 0 aliphatic carbocycles. The molecule has 2 aromatic rings. The average molecular weight is 434 g/mol. The van der Waals surface area contributed by atoms with Gasteiger partial charge in [0, 0.05) is 53.8 Å².